The predicted molar refractivity (Wildman–Crippen MR) is 94.2 cm³/mol. The van der Waals surface area contributed by atoms with E-state index in [1.807, 2.05) is 12.1 Å². The molecule has 2 aromatic carbocycles. The van der Waals surface area contributed by atoms with Crippen LogP contribution in [0.1, 0.15) is 5.56 Å². The van der Waals surface area contributed by atoms with Crippen LogP contribution >= 0.6 is 0 Å². The number of sulfonamides is 1. The van der Waals surface area contributed by atoms with Crippen molar-refractivity contribution in [3.8, 4) is 0 Å². The van der Waals surface area contributed by atoms with Gasteiger partial charge in [0.1, 0.15) is 0 Å². The topological polar surface area (TPSA) is 145 Å². The summed E-state index contributed by atoms with van der Waals surface area (Å²) in [6.07, 6.45) is 1.49. The molecule has 27 heavy (non-hydrogen) atoms. The molecule has 3 aromatic rings. The number of carbonyl (C=O) groups excluding carboxylic acids is 1. The van der Waals surface area contributed by atoms with Crippen LogP contribution in [0, 0.1) is 10.1 Å². The number of nitro benzene ring substituents is 1. The van der Waals surface area contributed by atoms with Gasteiger partial charge < -0.3 is 14.9 Å². The third-order valence-electron chi connectivity index (χ3n) is 4.04. The van der Waals surface area contributed by atoms with E-state index in [9.17, 15) is 28.4 Å². The molecular weight excluding hydrogens is 374 g/mol. The highest BCUT2D eigenvalue weighted by Gasteiger charge is 2.23. The number of rotatable bonds is 7. The normalized spacial score (nSPS) is 12.7. The van der Waals surface area contributed by atoms with Gasteiger partial charge in [0.2, 0.25) is 10.0 Å². The lowest BCUT2D eigenvalue weighted by Crippen LogP contribution is -2.49. The number of nitrogens with one attached hydrogen (secondary N) is 2. The average Bonchev–Trinajstić information content (AvgIpc) is 3.04. The maximum atomic E-state index is 12.4. The smallest absolute Gasteiger partial charge is 0.269 e. The van der Waals surface area contributed by atoms with E-state index in [4.69, 9.17) is 0 Å². The molecule has 0 aliphatic carbocycles. The lowest BCUT2D eigenvalue weighted by molar-refractivity contribution is -0.384. The van der Waals surface area contributed by atoms with Gasteiger partial charge in [0.25, 0.3) is 5.69 Å². The average molecular weight is 388 g/mol. The molecule has 0 spiro atoms. The number of H-pyrrole nitrogens is 1. The van der Waals surface area contributed by atoms with E-state index in [0.717, 1.165) is 35.2 Å². The van der Waals surface area contributed by atoms with E-state index in [1.54, 1.807) is 18.3 Å². The van der Waals surface area contributed by atoms with Crippen molar-refractivity contribution < 1.29 is 23.2 Å². The summed E-state index contributed by atoms with van der Waals surface area (Å²) in [5, 5.41) is 22.9. The molecule has 0 radical (unpaired) electrons. The van der Waals surface area contributed by atoms with Crippen molar-refractivity contribution >= 4 is 32.6 Å². The molecule has 0 amide bonds. The van der Waals surface area contributed by atoms with Crippen LogP contribution in [-0.4, -0.2) is 30.3 Å². The number of nitrogens with zero attached hydrogens (tertiary/aromatic N) is 1. The molecule has 0 saturated heterocycles. The zero-order valence-electron chi connectivity index (χ0n) is 13.8. The molecule has 1 aromatic heterocycles. The van der Waals surface area contributed by atoms with Crippen molar-refractivity contribution in [1.29, 1.82) is 0 Å². The molecule has 140 valence electrons. The second-order valence-corrected chi connectivity index (χ2v) is 7.52. The van der Waals surface area contributed by atoms with E-state index in [-0.39, 0.29) is 17.0 Å². The number of para-hydroxylation sites is 1. The van der Waals surface area contributed by atoms with Crippen LogP contribution in [0.2, 0.25) is 0 Å². The molecule has 0 saturated carbocycles. The van der Waals surface area contributed by atoms with Crippen molar-refractivity contribution in [2.75, 3.05) is 0 Å². The summed E-state index contributed by atoms with van der Waals surface area (Å²) in [7, 11) is -4.21. The summed E-state index contributed by atoms with van der Waals surface area (Å²) in [6, 6.07) is 9.84. The Morgan fingerprint density at radius 2 is 1.81 bits per heavy atom. The third kappa shape index (κ3) is 3.96. The molecule has 9 nitrogen and oxygen atoms in total. The molecule has 0 fully saturated rings. The number of aromatic amines is 1. The number of aromatic nitrogens is 1. The van der Waals surface area contributed by atoms with E-state index < -0.39 is 27.0 Å². The number of nitro groups is 1. The van der Waals surface area contributed by atoms with Gasteiger partial charge in [0.15, 0.2) is 0 Å². The standard InChI is InChI=1S/C17H15N3O6S/c21-17(22)16(9-11-10-18-15-4-2-1-3-14(11)15)19-27(25,26)13-7-5-12(6-8-13)20(23)24/h1-8,10,16,18-19H,9H2,(H,21,22)/p-1/t16-/m1/s1. The summed E-state index contributed by atoms with van der Waals surface area (Å²) >= 11 is 0. The molecule has 0 unspecified atom stereocenters. The predicted octanol–water partition coefficient (Wildman–Crippen LogP) is 0.716. The summed E-state index contributed by atoms with van der Waals surface area (Å²) in [5.74, 6) is -1.58. The van der Waals surface area contributed by atoms with E-state index >= 15 is 0 Å². The van der Waals surface area contributed by atoms with Crippen molar-refractivity contribution in [3.63, 3.8) is 0 Å². The Balaban J connectivity index is 1.85. The van der Waals surface area contributed by atoms with Crippen LogP contribution in [0.15, 0.2) is 59.6 Å². The molecule has 0 bridgehead atoms. The SMILES string of the molecule is O=C([O-])[C@@H](Cc1c[nH]c2ccccc12)NS(=O)(=O)c1ccc([N+](=O)[O-])cc1. The monoisotopic (exact) mass is 388 g/mol. The number of hydrogen-bond donors (Lipinski definition) is 2. The Morgan fingerprint density at radius 3 is 2.44 bits per heavy atom. The van der Waals surface area contributed by atoms with Crippen molar-refractivity contribution in [2.24, 2.45) is 0 Å². The largest absolute Gasteiger partial charge is 0.548 e. The lowest BCUT2D eigenvalue weighted by atomic mass is 10.1. The Labute approximate surface area is 153 Å². The van der Waals surface area contributed by atoms with Gasteiger partial charge in [-0.15, -0.1) is 0 Å². The number of carboxylic acids is 1. The number of fused-ring (bicyclic) bond motifs is 1. The summed E-state index contributed by atoms with van der Waals surface area (Å²) in [6.45, 7) is 0. The summed E-state index contributed by atoms with van der Waals surface area (Å²) in [4.78, 5) is 24.2. The zero-order valence-corrected chi connectivity index (χ0v) is 14.6. The van der Waals surface area contributed by atoms with Crippen LogP contribution in [0.25, 0.3) is 10.9 Å². The van der Waals surface area contributed by atoms with Crippen LogP contribution in [-0.2, 0) is 21.2 Å². The first-order valence-corrected chi connectivity index (χ1v) is 9.29. The van der Waals surface area contributed by atoms with Crippen molar-refractivity contribution in [1.82, 2.24) is 9.71 Å². The van der Waals surface area contributed by atoms with Crippen LogP contribution in [0.5, 0.6) is 0 Å². The Hall–Kier alpha value is -3.24. The van der Waals surface area contributed by atoms with Gasteiger partial charge in [-0.1, -0.05) is 18.2 Å². The van der Waals surface area contributed by atoms with E-state index in [1.165, 1.54) is 0 Å². The van der Waals surface area contributed by atoms with Gasteiger partial charge >= 0.3 is 0 Å². The fourth-order valence-corrected chi connectivity index (χ4v) is 3.88. The first-order chi connectivity index (χ1) is 12.8. The number of aliphatic carboxylic acids is 1. The summed E-state index contributed by atoms with van der Waals surface area (Å²) in [5.41, 5.74) is 1.14. The molecule has 2 N–H and O–H groups in total. The second kappa shape index (κ2) is 7.17. The minimum Gasteiger partial charge on any atom is -0.548 e. The maximum absolute atomic E-state index is 12.4. The number of carboxylic acid groups (broad SMARTS) is 1. The molecule has 1 atom stereocenters. The Morgan fingerprint density at radius 1 is 1.15 bits per heavy atom. The minimum absolute atomic E-state index is 0.126. The third-order valence-corrected chi connectivity index (χ3v) is 5.53. The number of non-ortho nitro benzene ring substituents is 1. The van der Waals surface area contributed by atoms with Crippen molar-refractivity contribution in [3.05, 3.63) is 70.4 Å². The fraction of sp³-hybridized carbons (Fsp3) is 0.118. The summed E-state index contributed by atoms with van der Waals surface area (Å²) < 4.78 is 27.0. The second-order valence-electron chi connectivity index (χ2n) is 5.81. The van der Waals surface area contributed by atoms with Gasteiger partial charge in [-0.3, -0.25) is 10.1 Å². The first kappa shape index (κ1) is 18.5. The van der Waals surface area contributed by atoms with E-state index in [2.05, 4.69) is 9.71 Å². The highest BCUT2D eigenvalue weighted by Crippen LogP contribution is 2.20. The van der Waals surface area contributed by atoms with Crippen LogP contribution in [0.3, 0.4) is 0 Å². The number of benzene rings is 2. The van der Waals surface area contributed by atoms with Gasteiger partial charge in [-0.2, -0.15) is 0 Å². The van der Waals surface area contributed by atoms with Gasteiger partial charge in [0.05, 0.1) is 21.8 Å². The van der Waals surface area contributed by atoms with Gasteiger partial charge in [-0.05, 0) is 30.2 Å². The van der Waals surface area contributed by atoms with Gasteiger partial charge in [0, 0.05) is 29.2 Å². The minimum atomic E-state index is -4.21. The molecule has 1 heterocycles. The highest BCUT2D eigenvalue weighted by molar-refractivity contribution is 7.89. The highest BCUT2D eigenvalue weighted by atomic mass is 32.2. The number of hydrogen-bond acceptors (Lipinski definition) is 6. The molecule has 0 aliphatic rings. The fourth-order valence-electron chi connectivity index (χ4n) is 2.70. The Bertz CT molecular complexity index is 1110. The first-order valence-electron chi connectivity index (χ1n) is 7.80. The van der Waals surface area contributed by atoms with Gasteiger partial charge in [-0.25, -0.2) is 13.1 Å². The molecule has 10 heteroatoms. The lowest BCUT2D eigenvalue weighted by Gasteiger charge is -2.19. The molecule has 3 rings (SSSR count). The Kier molecular flexibility index (Phi) is 4.93. The van der Waals surface area contributed by atoms with E-state index in [0.29, 0.717) is 5.56 Å². The quantitative estimate of drug-likeness (QED) is 0.450. The number of carbonyl (C=O) groups is 1. The van der Waals surface area contributed by atoms with Crippen LogP contribution < -0.4 is 9.83 Å². The van der Waals surface area contributed by atoms with Crippen LogP contribution in [0.4, 0.5) is 5.69 Å². The van der Waals surface area contributed by atoms with Crippen molar-refractivity contribution in [2.45, 2.75) is 17.4 Å². The molecular formula is C17H14N3O6S-. The zero-order chi connectivity index (χ0) is 19.6. The maximum Gasteiger partial charge on any atom is 0.269 e. The molecule has 0 aliphatic heterocycles.